The van der Waals surface area contributed by atoms with E-state index in [1.54, 1.807) is 5.56 Å². The summed E-state index contributed by atoms with van der Waals surface area (Å²) in [6.07, 6.45) is 9.73. The van der Waals surface area contributed by atoms with Crippen LogP contribution in [0.3, 0.4) is 0 Å². The van der Waals surface area contributed by atoms with Crippen molar-refractivity contribution in [3.05, 3.63) is 84.4 Å². The lowest BCUT2D eigenvalue weighted by molar-refractivity contribution is 0.185. The maximum absolute atomic E-state index is 2.41. The van der Waals surface area contributed by atoms with Crippen LogP contribution in [-0.4, -0.2) is 0 Å². The van der Waals surface area contributed by atoms with Gasteiger partial charge in [-0.15, -0.1) is 0 Å². The summed E-state index contributed by atoms with van der Waals surface area (Å²) in [6, 6.07) is 29.1. The van der Waals surface area contributed by atoms with E-state index in [-0.39, 0.29) is 0 Å². The normalized spacial score (nSPS) is 20.1. The highest BCUT2D eigenvalue weighted by atomic mass is 14.4. The van der Waals surface area contributed by atoms with Gasteiger partial charge in [0.2, 0.25) is 0 Å². The van der Waals surface area contributed by atoms with Crippen molar-refractivity contribution in [3.63, 3.8) is 0 Å². The molecule has 0 spiro atoms. The molecule has 0 saturated heterocycles. The number of hydrogen-bond acceptors (Lipinski definition) is 0. The van der Waals surface area contributed by atoms with Crippen molar-refractivity contribution in [1.29, 1.82) is 0 Å². The molecule has 3 atom stereocenters. The van der Waals surface area contributed by atoms with Crippen molar-refractivity contribution in [1.82, 2.24) is 0 Å². The van der Waals surface area contributed by atoms with Crippen LogP contribution in [0.25, 0.3) is 22.3 Å². The van der Waals surface area contributed by atoms with Gasteiger partial charge in [0.05, 0.1) is 0 Å². The molecular weight excluding hydrogens is 360 g/mol. The van der Waals surface area contributed by atoms with Crippen LogP contribution in [0.2, 0.25) is 0 Å². The fraction of sp³-hybridized carbons (Fsp3) is 0.400. The lowest BCUT2D eigenvalue weighted by Crippen LogP contribution is -2.25. The van der Waals surface area contributed by atoms with E-state index >= 15 is 0 Å². The van der Waals surface area contributed by atoms with Gasteiger partial charge in [-0.3, -0.25) is 0 Å². The van der Waals surface area contributed by atoms with E-state index in [0.29, 0.717) is 0 Å². The van der Waals surface area contributed by atoms with Crippen molar-refractivity contribution in [2.45, 2.75) is 64.7 Å². The van der Waals surface area contributed by atoms with Crippen LogP contribution in [0.15, 0.2) is 78.9 Å². The van der Waals surface area contributed by atoms with Gasteiger partial charge in [0.15, 0.2) is 0 Å². The SMILES string of the molecule is CCCC1CCCCC1C(CC)c1ccc(-c2ccc(-c3ccccc3)cc2)cc1. The third-order valence-corrected chi connectivity index (χ3v) is 7.25. The Hall–Kier alpha value is -2.34. The van der Waals surface area contributed by atoms with Crippen LogP contribution in [0.4, 0.5) is 0 Å². The van der Waals surface area contributed by atoms with Crippen LogP contribution in [0.5, 0.6) is 0 Å². The van der Waals surface area contributed by atoms with Gasteiger partial charge in [0.1, 0.15) is 0 Å². The van der Waals surface area contributed by atoms with Gasteiger partial charge in [0, 0.05) is 0 Å². The van der Waals surface area contributed by atoms with E-state index < -0.39 is 0 Å². The van der Waals surface area contributed by atoms with Crippen LogP contribution in [-0.2, 0) is 0 Å². The Morgan fingerprint density at radius 3 is 1.77 bits per heavy atom. The Morgan fingerprint density at radius 2 is 1.20 bits per heavy atom. The molecule has 0 radical (unpaired) electrons. The van der Waals surface area contributed by atoms with Gasteiger partial charge in [-0.1, -0.05) is 125 Å². The molecule has 156 valence electrons. The molecule has 3 unspecified atom stereocenters. The molecule has 1 aliphatic carbocycles. The zero-order valence-electron chi connectivity index (χ0n) is 18.7. The molecule has 0 aromatic heterocycles. The summed E-state index contributed by atoms with van der Waals surface area (Å²) in [5.74, 6) is 2.52. The Labute approximate surface area is 183 Å². The Balaban J connectivity index is 1.51. The highest BCUT2D eigenvalue weighted by Crippen LogP contribution is 2.43. The summed E-state index contributed by atoms with van der Waals surface area (Å²) in [7, 11) is 0. The van der Waals surface area contributed by atoms with Gasteiger partial charge in [-0.25, -0.2) is 0 Å². The highest BCUT2D eigenvalue weighted by Gasteiger charge is 2.31. The second-order valence-corrected chi connectivity index (χ2v) is 9.08. The van der Waals surface area contributed by atoms with E-state index in [4.69, 9.17) is 0 Å². The first-order valence-corrected chi connectivity index (χ1v) is 12.1. The molecule has 0 aliphatic heterocycles. The standard InChI is InChI=1S/C30H36/c1-3-10-27-13-8-9-14-30(27)29(4-2)28-21-19-26(20-22-28)25-17-15-24(16-18-25)23-11-6-5-7-12-23/h5-7,11-12,15-22,27,29-30H,3-4,8-10,13-14H2,1-2H3. The molecule has 0 heterocycles. The molecule has 0 heteroatoms. The Morgan fingerprint density at radius 1 is 0.667 bits per heavy atom. The van der Waals surface area contributed by atoms with Crippen LogP contribution >= 0.6 is 0 Å². The minimum Gasteiger partial charge on any atom is -0.0654 e. The summed E-state index contributed by atoms with van der Waals surface area (Å²) in [5.41, 5.74) is 6.73. The van der Waals surface area contributed by atoms with Gasteiger partial charge < -0.3 is 0 Å². The molecule has 4 rings (SSSR count). The lowest BCUT2D eigenvalue weighted by atomic mass is 9.68. The van der Waals surface area contributed by atoms with Gasteiger partial charge in [0.25, 0.3) is 0 Å². The largest absolute Gasteiger partial charge is 0.0654 e. The number of rotatable bonds is 7. The first-order chi connectivity index (χ1) is 14.8. The fourth-order valence-electron chi connectivity index (χ4n) is 5.69. The maximum atomic E-state index is 2.41. The molecule has 1 aliphatic rings. The topological polar surface area (TPSA) is 0 Å². The molecule has 3 aromatic rings. The third kappa shape index (κ3) is 4.69. The lowest BCUT2D eigenvalue weighted by Gasteiger charge is -2.37. The highest BCUT2D eigenvalue weighted by molar-refractivity contribution is 5.70. The average Bonchev–Trinajstić information content (AvgIpc) is 2.82. The summed E-state index contributed by atoms with van der Waals surface area (Å²) in [4.78, 5) is 0. The van der Waals surface area contributed by atoms with Crippen LogP contribution < -0.4 is 0 Å². The summed E-state index contributed by atoms with van der Waals surface area (Å²) in [5, 5.41) is 0. The van der Waals surface area contributed by atoms with Crippen molar-refractivity contribution in [2.75, 3.05) is 0 Å². The molecule has 1 saturated carbocycles. The quantitative estimate of drug-likeness (QED) is 0.373. The molecule has 3 aromatic carbocycles. The van der Waals surface area contributed by atoms with E-state index in [1.165, 1.54) is 67.2 Å². The third-order valence-electron chi connectivity index (χ3n) is 7.25. The predicted octanol–water partition coefficient (Wildman–Crippen LogP) is 9.12. The molecular formula is C30H36. The molecule has 0 bridgehead atoms. The zero-order chi connectivity index (χ0) is 20.8. The summed E-state index contributed by atoms with van der Waals surface area (Å²) < 4.78 is 0. The van der Waals surface area contributed by atoms with E-state index in [0.717, 1.165) is 17.8 Å². The molecule has 0 nitrogen and oxygen atoms in total. The summed E-state index contributed by atoms with van der Waals surface area (Å²) >= 11 is 0. The van der Waals surface area contributed by atoms with Crippen molar-refractivity contribution < 1.29 is 0 Å². The molecule has 30 heavy (non-hydrogen) atoms. The predicted molar refractivity (Wildman–Crippen MR) is 131 cm³/mol. The first-order valence-electron chi connectivity index (χ1n) is 12.1. The zero-order valence-corrected chi connectivity index (χ0v) is 18.7. The molecule has 1 fully saturated rings. The van der Waals surface area contributed by atoms with Gasteiger partial charge in [-0.2, -0.15) is 0 Å². The second-order valence-electron chi connectivity index (χ2n) is 9.08. The second kappa shape index (κ2) is 10.1. The van der Waals surface area contributed by atoms with E-state index in [2.05, 4.69) is 92.7 Å². The molecule has 0 N–H and O–H groups in total. The summed E-state index contributed by atoms with van der Waals surface area (Å²) in [6.45, 7) is 4.74. The number of hydrogen-bond donors (Lipinski definition) is 0. The maximum Gasteiger partial charge on any atom is -0.0134 e. The Bertz CT molecular complexity index is 887. The first kappa shape index (κ1) is 20.9. The average molecular weight is 397 g/mol. The van der Waals surface area contributed by atoms with Gasteiger partial charge in [-0.05, 0) is 58.4 Å². The van der Waals surface area contributed by atoms with E-state index in [1.807, 2.05) is 0 Å². The van der Waals surface area contributed by atoms with Crippen LogP contribution in [0.1, 0.15) is 70.3 Å². The minimum absolute atomic E-state index is 0.719. The number of benzene rings is 3. The Kier molecular flexibility index (Phi) is 7.05. The van der Waals surface area contributed by atoms with Gasteiger partial charge >= 0.3 is 0 Å². The minimum atomic E-state index is 0.719. The van der Waals surface area contributed by atoms with Crippen LogP contribution in [0, 0.1) is 11.8 Å². The monoisotopic (exact) mass is 396 g/mol. The molecule has 0 amide bonds. The van der Waals surface area contributed by atoms with Crippen molar-refractivity contribution in [3.8, 4) is 22.3 Å². The smallest absolute Gasteiger partial charge is 0.0134 e. The fourth-order valence-corrected chi connectivity index (χ4v) is 5.69. The van der Waals surface area contributed by atoms with Crippen molar-refractivity contribution >= 4 is 0 Å². The van der Waals surface area contributed by atoms with Crippen molar-refractivity contribution in [2.24, 2.45) is 11.8 Å². The van der Waals surface area contributed by atoms with E-state index in [9.17, 15) is 0 Å².